The van der Waals surface area contributed by atoms with E-state index in [2.05, 4.69) is 5.32 Å². The van der Waals surface area contributed by atoms with Gasteiger partial charge in [-0.05, 0) is 67.1 Å². The molecule has 1 N–H and O–H groups in total. The monoisotopic (exact) mass is 391 g/mol. The highest BCUT2D eigenvalue weighted by molar-refractivity contribution is 6.04. The molecule has 0 saturated carbocycles. The summed E-state index contributed by atoms with van der Waals surface area (Å²) in [5, 5.41) is 2.79. The summed E-state index contributed by atoms with van der Waals surface area (Å²) in [5.74, 6) is 0.888. The number of para-hydroxylation sites is 1. The van der Waals surface area contributed by atoms with Crippen LogP contribution in [0, 0.1) is 6.92 Å². The molecule has 3 aromatic rings. The van der Waals surface area contributed by atoms with Crippen molar-refractivity contribution >= 4 is 17.6 Å². The molecule has 1 amide bonds. The van der Waals surface area contributed by atoms with E-state index in [1.807, 2.05) is 25.1 Å². The summed E-state index contributed by atoms with van der Waals surface area (Å²) in [6, 6.07) is 20.7. The number of esters is 1. The van der Waals surface area contributed by atoms with Crippen LogP contribution < -0.4 is 19.5 Å². The van der Waals surface area contributed by atoms with Crippen molar-refractivity contribution in [2.75, 3.05) is 19.0 Å². The topological polar surface area (TPSA) is 73.9 Å². The number of amides is 1. The minimum absolute atomic E-state index is 0.204. The van der Waals surface area contributed by atoms with Crippen molar-refractivity contribution in [1.29, 1.82) is 0 Å². The van der Waals surface area contributed by atoms with Crippen LogP contribution in [0.15, 0.2) is 72.8 Å². The van der Waals surface area contributed by atoms with Crippen LogP contribution in [0.5, 0.6) is 17.2 Å². The van der Waals surface area contributed by atoms with Gasteiger partial charge in [0.1, 0.15) is 17.2 Å². The van der Waals surface area contributed by atoms with Crippen molar-refractivity contribution in [2.24, 2.45) is 0 Å². The summed E-state index contributed by atoms with van der Waals surface area (Å²) in [4.78, 5) is 24.3. The Hall–Kier alpha value is -3.80. The van der Waals surface area contributed by atoms with E-state index in [4.69, 9.17) is 14.2 Å². The fourth-order valence-electron chi connectivity index (χ4n) is 2.57. The fraction of sp³-hybridized carbons (Fsp3) is 0.130. The van der Waals surface area contributed by atoms with E-state index < -0.39 is 5.97 Å². The van der Waals surface area contributed by atoms with Crippen molar-refractivity contribution < 1.29 is 23.8 Å². The molecule has 6 nitrogen and oxygen atoms in total. The van der Waals surface area contributed by atoms with E-state index in [9.17, 15) is 9.59 Å². The molecule has 0 saturated heterocycles. The first kappa shape index (κ1) is 19.9. The molecule has 0 aliphatic carbocycles. The van der Waals surface area contributed by atoms with E-state index in [0.717, 1.165) is 5.56 Å². The molecular formula is C23H21NO5. The van der Waals surface area contributed by atoms with Gasteiger partial charge < -0.3 is 19.5 Å². The van der Waals surface area contributed by atoms with Crippen LogP contribution >= 0.6 is 0 Å². The third-order valence-electron chi connectivity index (χ3n) is 4.14. The van der Waals surface area contributed by atoms with Crippen molar-refractivity contribution in [2.45, 2.75) is 6.92 Å². The first-order chi connectivity index (χ1) is 14.0. The summed E-state index contributed by atoms with van der Waals surface area (Å²) in [6.45, 7) is 1.70. The summed E-state index contributed by atoms with van der Waals surface area (Å²) in [6.07, 6.45) is 0. The van der Waals surface area contributed by atoms with Crippen LogP contribution in [0.2, 0.25) is 0 Å². The second-order valence-electron chi connectivity index (χ2n) is 6.24. The number of methoxy groups -OCH3 is 1. The molecule has 3 rings (SSSR count). The smallest absolute Gasteiger partial charge is 0.349 e. The number of aryl methyl sites for hydroxylation is 1. The number of nitrogens with one attached hydrogen (secondary N) is 1. The second kappa shape index (κ2) is 9.41. The van der Waals surface area contributed by atoms with Gasteiger partial charge >= 0.3 is 5.97 Å². The van der Waals surface area contributed by atoms with Gasteiger partial charge in [0.05, 0.1) is 7.11 Å². The number of carbonyl (C=O) groups excluding carboxylic acids is 2. The van der Waals surface area contributed by atoms with Crippen LogP contribution in [0.3, 0.4) is 0 Å². The average molecular weight is 391 g/mol. The molecule has 0 aliphatic rings. The second-order valence-corrected chi connectivity index (χ2v) is 6.24. The van der Waals surface area contributed by atoms with Gasteiger partial charge in [-0.15, -0.1) is 0 Å². The van der Waals surface area contributed by atoms with Crippen LogP contribution in [0.25, 0.3) is 0 Å². The van der Waals surface area contributed by atoms with Gasteiger partial charge in [0, 0.05) is 11.3 Å². The van der Waals surface area contributed by atoms with Crippen LogP contribution in [-0.2, 0) is 4.79 Å². The molecule has 0 aliphatic heterocycles. The normalized spacial score (nSPS) is 10.1. The minimum atomic E-state index is -0.524. The predicted octanol–water partition coefficient (Wildman–Crippen LogP) is 4.24. The zero-order chi connectivity index (χ0) is 20.6. The highest BCUT2D eigenvalue weighted by atomic mass is 16.6. The molecule has 0 atom stereocenters. The molecule has 6 heteroatoms. The molecule has 0 radical (unpaired) electrons. The Labute approximate surface area is 169 Å². The number of rotatable bonds is 7. The van der Waals surface area contributed by atoms with Gasteiger partial charge in [-0.2, -0.15) is 0 Å². The summed E-state index contributed by atoms with van der Waals surface area (Å²) < 4.78 is 15.8. The van der Waals surface area contributed by atoms with Crippen LogP contribution in [0.4, 0.5) is 5.69 Å². The summed E-state index contributed by atoms with van der Waals surface area (Å²) >= 11 is 0. The highest BCUT2D eigenvalue weighted by Crippen LogP contribution is 2.18. The Bertz CT molecular complexity index is 981. The first-order valence-electron chi connectivity index (χ1n) is 9.00. The number of benzene rings is 3. The lowest BCUT2D eigenvalue weighted by Crippen LogP contribution is -2.18. The summed E-state index contributed by atoms with van der Waals surface area (Å²) in [7, 11) is 1.58. The lowest BCUT2D eigenvalue weighted by Gasteiger charge is -2.09. The molecule has 148 valence electrons. The van der Waals surface area contributed by atoms with E-state index in [1.54, 1.807) is 61.7 Å². The fourth-order valence-corrected chi connectivity index (χ4v) is 2.57. The maximum Gasteiger partial charge on any atom is 0.349 e. The quantitative estimate of drug-likeness (QED) is 0.482. The van der Waals surface area contributed by atoms with Gasteiger partial charge in [0.25, 0.3) is 5.91 Å². The highest BCUT2D eigenvalue weighted by Gasteiger charge is 2.10. The lowest BCUT2D eigenvalue weighted by atomic mass is 10.2. The molecule has 3 aromatic carbocycles. The number of hydrogen-bond donors (Lipinski definition) is 1. The Balaban J connectivity index is 1.53. The molecule has 0 heterocycles. The Morgan fingerprint density at radius 1 is 0.862 bits per heavy atom. The van der Waals surface area contributed by atoms with E-state index in [-0.39, 0.29) is 12.5 Å². The predicted molar refractivity (Wildman–Crippen MR) is 110 cm³/mol. The standard InChI is InChI=1S/C23H21NO5/c1-16-5-3-4-6-21(16)28-15-22(25)29-20-11-7-17(8-12-20)23(26)24-18-9-13-19(27-2)14-10-18/h3-14H,15H2,1-2H3,(H,24,26). The SMILES string of the molecule is COc1ccc(NC(=O)c2ccc(OC(=O)COc3ccccc3C)cc2)cc1. The van der Waals surface area contributed by atoms with Gasteiger partial charge in [-0.25, -0.2) is 4.79 Å². The average Bonchev–Trinajstić information content (AvgIpc) is 2.74. The minimum Gasteiger partial charge on any atom is -0.497 e. The number of carbonyl (C=O) groups is 2. The number of ether oxygens (including phenoxy) is 3. The molecule has 0 aromatic heterocycles. The van der Waals surface area contributed by atoms with Crippen molar-refractivity contribution in [3.63, 3.8) is 0 Å². The van der Waals surface area contributed by atoms with Crippen molar-refractivity contribution in [1.82, 2.24) is 0 Å². The molecule has 0 spiro atoms. The van der Waals surface area contributed by atoms with Gasteiger partial charge in [-0.1, -0.05) is 18.2 Å². The Morgan fingerprint density at radius 2 is 1.52 bits per heavy atom. The van der Waals surface area contributed by atoms with Gasteiger partial charge in [0.2, 0.25) is 0 Å². The zero-order valence-electron chi connectivity index (χ0n) is 16.2. The Kier molecular flexibility index (Phi) is 6.47. The van der Waals surface area contributed by atoms with E-state index >= 15 is 0 Å². The van der Waals surface area contributed by atoms with Crippen molar-refractivity contribution in [3.8, 4) is 17.2 Å². The first-order valence-corrected chi connectivity index (χ1v) is 9.00. The van der Waals surface area contributed by atoms with Crippen molar-refractivity contribution in [3.05, 3.63) is 83.9 Å². The Morgan fingerprint density at radius 3 is 2.17 bits per heavy atom. The zero-order valence-corrected chi connectivity index (χ0v) is 16.2. The van der Waals surface area contributed by atoms with E-state index in [0.29, 0.717) is 28.5 Å². The van der Waals surface area contributed by atoms with Crippen LogP contribution in [0.1, 0.15) is 15.9 Å². The molecule has 0 unspecified atom stereocenters. The number of hydrogen-bond acceptors (Lipinski definition) is 5. The summed E-state index contributed by atoms with van der Waals surface area (Å²) in [5.41, 5.74) is 2.03. The third kappa shape index (κ3) is 5.59. The molecule has 0 fully saturated rings. The largest absolute Gasteiger partial charge is 0.497 e. The maximum atomic E-state index is 12.3. The van der Waals surface area contributed by atoms with E-state index in [1.165, 1.54) is 0 Å². The third-order valence-corrected chi connectivity index (χ3v) is 4.14. The maximum absolute atomic E-state index is 12.3. The number of anilines is 1. The molecular weight excluding hydrogens is 370 g/mol. The van der Waals surface area contributed by atoms with Gasteiger partial charge in [-0.3, -0.25) is 4.79 Å². The van der Waals surface area contributed by atoms with Gasteiger partial charge in [0.15, 0.2) is 6.61 Å². The molecule has 0 bridgehead atoms. The van der Waals surface area contributed by atoms with Crippen LogP contribution in [-0.4, -0.2) is 25.6 Å². The molecule has 29 heavy (non-hydrogen) atoms. The lowest BCUT2D eigenvalue weighted by molar-refractivity contribution is -0.136.